The predicted octanol–water partition coefficient (Wildman–Crippen LogP) is 3.32. The summed E-state index contributed by atoms with van der Waals surface area (Å²) in [5.41, 5.74) is 6.90. The standard InChI is InChI=1S/C12H14ClF2NO/c1-7(16)12(4-5-12)8-2-3-10(9(13)6-8)17-11(14)15/h2-3,6-7,11H,4-5,16H2,1H3. The van der Waals surface area contributed by atoms with Crippen molar-refractivity contribution in [2.75, 3.05) is 0 Å². The van der Waals surface area contributed by atoms with Gasteiger partial charge in [0, 0.05) is 11.5 Å². The highest BCUT2D eigenvalue weighted by molar-refractivity contribution is 6.32. The molecule has 2 nitrogen and oxygen atoms in total. The molecule has 0 saturated heterocycles. The van der Waals surface area contributed by atoms with E-state index in [0.29, 0.717) is 0 Å². The van der Waals surface area contributed by atoms with Crippen molar-refractivity contribution in [3.63, 3.8) is 0 Å². The van der Waals surface area contributed by atoms with Gasteiger partial charge >= 0.3 is 6.61 Å². The maximum absolute atomic E-state index is 12.1. The molecular weight excluding hydrogens is 248 g/mol. The lowest BCUT2D eigenvalue weighted by molar-refractivity contribution is -0.0497. The van der Waals surface area contributed by atoms with E-state index < -0.39 is 6.61 Å². The summed E-state index contributed by atoms with van der Waals surface area (Å²) in [4.78, 5) is 0. The van der Waals surface area contributed by atoms with Crippen LogP contribution in [0.1, 0.15) is 25.3 Å². The van der Waals surface area contributed by atoms with Gasteiger partial charge in [-0.3, -0.25) is 0 Å². The lowest BCUT2D eigenvalue weighted by Crippen LogP contribution is -2.31. The minimum Gasteiger partial charge on any atom is -0.433 e. The summed E-state index contributed by atoms with van der Waals surface area (Å²) in [6.45, 7) is -0.911. The van der Waals surface area contributed by atoms with Gasteiger partial charge in [0.15, 0.2) is 0 Å². The first-order valence-electron chi connectivity index (χ1n) is 5.46. The van der Waals surface area contributed by atoms with Crippen molar-refractivity contribution in [2.24, 2.45) is 5.73 Å². The highest BCUT2D eigenvalue weighted by Crippen LogP contribution is 2.51. The Hall–Kier alpha value is -0.870. The van der Waals surface area contributed by atoms with Gasteiger partial charge in [-0.05, 0) is 37.5 Å². The van der Waals surface area contributed by atoms with Crippen LogP contribution in [0.15, 0.2) is 18.2 Å². The molecule has 94 valence electrons. The lowest BCUT2D eigenvalue weighted by atomic mass is 9.89. The summed E-state index contributed by atoms with van der Waals surface area (Å²) in [5, 5.41) is 0.203. The van der Waals surface area contributed by atoms with E-state index in [1.54, 1.807) is 12.1 Å². The minimum atomic E-state index is -2.86. The molecule has 1 saturated carbocycles. The molecule has 0 spiro atoms. The lowest BCUT2D eigenvalue weighted by Gasteiger charge is -2.20. The SMILES string of the molecule is CC(N)C1(c2ccc(OC(F)F)c(Cl)c2)CC1. The molecule has 5 heteroatoms. The highest BCUT2D eigenvalue weighted by atomic mass is 35.5. The fourth-order valence-electron chi connectivity index (χ4n) is 2.14. The zero-order chi connectivity index (χ0) is 12.6. The molecule has 1 atom stereocenters. The van der Waals surface area contributed by atoms with Crippen LogP contribution in [0.2, 0.25) is 5.02 Å². The molecule has 0 aromatic heterocycles. The largest absolute Gasteiger partial charge is 0.433 e. The van der Waals surface area contributed by atoms with Gasteiger partial charge in [0.2, 0.25) is 0 Å². The molecule has 1 unspecified atom stereocenters. The third kappa shape index (κ3) is 2.38. The highest BCUT2D eigenvalue weighted by Gasteiger charge is 2.47. The Bertz CT molecular complexity index is 419. The first-order chi connectivity index (χ1) is 7.95. The van der Waals surface area contributed by atoms with E-state index in [2.05, 4.69) is 4.74 Å². The molecule has 1 fully saturated rings. The predicted molar refractivity (Wildman–Crippen MR) is 62.6 cm³/mol. The summed E-state index contributed by atoms with van der Waals surface area (Å²) in [6, 6.07) is 4.95. The molecule has 17 heavy (non-hydrogen) atoms. The van der Waals surface area contributed by atoms with E-state index in [4.69, 9.17) is 17.3 Å². The Balaban J connectivity index is 2.25. The van der Waals surface area contributed by atoms with Crippen molar-refractivity contribution < 1.29 is 13.5 Å². The second-order valence-electron chi connectivity index (χ2n) is 4.47. The van der Waals surface area contributed by atoms with Crippen LogP contribution in [0.5, 0.6) is 5.75 Å². The van der Waals surface area contributed by atoms with Crippen molar-refractivity contribution in [3.8, 4) is 5.75 Å². The molecule has 0 radical (unpaired) electrons. The van der Waals surface area contributed by atoms with Crippen LogP contribution in [0, 0.1) is 0 Å². The van der Waals surface area contributed by atoms with Crippen LogP contribution in [0.3, 0.4) is 0 Å². The first kappa shape index (κ1) is 12.6. The maximum atomic E-state index is 12.1. The monoisotopic (exact) mass is 261 g/mol. The Morgan fingerprint density at radius 1 is 1.41 bits per heavy atom. The average Bonchev–Trinajstić information content (AvgIpc) is 3.01. The Labute approximate surface area is 104 Å². The Morgan fingerprint density at radius 3 is 2.47 bits per heavy atom. The zero-order valence-electron chi connectivity index (χ0n) is 9.42. The van der Waals surface area contributed by atoms with Gasteiger partial charge < -0.3 is 10.5 Å². The molecule has 2 rings (SSSR count). The van der Waals surface area contributed by atoms with Crippen molar-refractivity contribution in [2.45, 2.75) is 37.8 Å². The minimum absolute atomic E-state index is 0.00545. The smallest absolute Gasteiger partial charge is 0.387 e. The van der Waals surface area contributed by atoms with Crippen molar-refractivity contribution in [3.05, 3.63) is 28.8 Å². The molecule has 1 aliphatic carbocycles. The molecule has 1 aliphatic rings. The summed E-state index contributed by atoms with van der Waals surface area (Å²) >= 11 is 5.91. The summed E-state index contributed by atoms with van der Waals surface area (Å²) in [5.74, 6) is 0.00545. The van der Waals surface area contributed by atoms with Gasteiger partial charge in [0.25, 0.3) is 0 Å². The number of rotatable bonds is 4. The van der Waals surface area contributed by atoms with Gasteiger partial charge in [-0.25, -0.2) is 0 Å². The summed E-state index contributed by atoms with van der Waals surface area (Å²) < 4.78 is 28.4. The Kier molecular flexibility index (Phi) is 3.27. The number of ether oxygens (including phenoxy) is 1. The second kappa shape index (κ2) is 4.42. The maximum Gasteiger partial charge on any atom is 0.387 e. The molecule has 0 bridgehead atoms. The molecule has 0 amide bonds. The van der Waals surface area contributed by atoms with Crippen LogP contribution < -0.4 is 10.5 Å². The van der Waals surface area contributed by atoms with Gasteiger partial charge in [0.1, 0.15) is 5.75 Å². The van der Waals surface area contributed by atoms with E-state index in [1.807, 2.05) is 6.92 Å². The van der Waals surface area contributed by atoms with E-state index in [1.165, 1.54) is 6.07 Å². The fraction of sp³-hybridized carbons (Fsp3) is 0.500. The number of alkyl halides is 2. The van der Waals surface area contributed by atoms with Crippen LogP contribution >= 0.6 is 11.6 Å². The van der Waals surface area contributed by atoms with Crippen LogP contribution in [-0.2, 0) is 5.41 Å². The van der Waals surface area contributed by atoms with Crippen LogP contribution in [0.25, 0.3) is 0 Å². The number of hydrogen-bond donors (Lipinski definition) is 1. The number of halogens is 3. The Morgan fingerprint density at radius 2 is 2.06 bits per heavy atom. The quantitative estimate of drug-likeness (QED) is 0.902. The molecule has 0 heterocycles. The van der Waals surface area contributed by atoms with Gasteiger partial charge in [-0.1, -0.05) is 17.7 Å². The van der Waals surface area contributed by atoms with Crippen LogP contribution in [-0.4, -0.2) is 12.7 Å². The molecule has 1 aromatic carbocycles. The van der Waals surface area contributed by atoms with Crippen molar-refractivity contribution in [1.82, 2.24) is 0 Å². The van der Waals surface area contributed by atoms with Crippen molar-refractivity contribution in [1.29, 1.82) is 0 Å². The summed E-state index contributed by atoms with van der Waals surface area (Å²) in [7, 11) is 0. The van der Waals surface area contributed by atoms with Gasteiger partial charge in [0.05, 0.1) is 5.02 Å². The van der Waals surface area contributed by atoms with Crippen LogP contribution in [0.4, 0.5) is 8.78 Å². The fourth-order valence-corrected chi connectivity index (χ4v) is 2.37. The van der Waals surface area contributed by atoms with E-state index in [0.717, 1.165) is 18.4 Å². The topological polar surface area (TPSA) is 35.2 Å². The second-order valence-corrected chi connectivity index (χ2v) is 4.88. The molecule has 1 aromatic rings. The summed E-state index contributed by atoms with van der Waals surface area (Å²) in [6.07, 6.45) is 2.02. The van der Waals surface area contributed by atoms with E-state index >= 15 is 0 Å². The normalized spacial score (nSPS) is 19.2. The van der Waals surface area contributed by atoms with E-state index in [-0.39, 0.29) is 22.2 Å². The third-order valence-electron chi connectivity index (χ3n) is 3.38. The number of hydrogen-bond acceptors (Lipinski definition) is 2. The third-order valence-corrected chi connectivity index (χ3v) is 3.68. The molecule has 0 aliphatic heterocycles. The average molecular weight is 262 g/mol. The van der Waals surface area contributed by atoms with Gasteiger partial charge in [-0.2, -0.15) is 8.78 Å². The molecular formula is C12H14ClF2NO. The molecule has 2 N–H and O–H groups in total. The van der Waals surface area contributed by atoms with E-state index in [9.17, 15) is 8.78 Å². The number of benzene rings is 1. The van der Waals surface area contributed by atoms with Gasteiger partial charge in [-0.15, -0.1) is 0 Å². The van der Waals surface area contributed by atoms with Crippen molar-refractivity contribution >= 4 is 11.6 Å². The number of nitrogens with two attached hydrogens (primary N) is 1. The zero-order valence-corrected chi connectivity index (χ0v) is 10.2. The first-order valence-corrected chi connectivity index (χ1v) is 5.84.